The molecule has 1 N–H and O–H groups in total. The SMILES string of the molecule is CCC(CC)N(CC(C)C)C(C)C(C)C(=O)O. The molecule has 3 heteroatoms. The lowest BCUT2D eigenvalue weighted by atomic mass is 9.97. The number of carbonyl (C=O) groups is 1. The summed E-state index contributed by atoms with van der Waals surface area (Å²) in [5.74, 6) is -0.439. The van der Waals surface area contributed by atoms with Crippen molar-refractivity contribution in [2.45, 2.75) is 66.5 Å². The van der Waals surface area contributed by atoms with Crippen molar-refractivity contribution in [3.8, 4) is 0 Å². The molecule has 0 aromatic carbocycles. The highest BCUT2D eigenvalue weighted by Gasteiger charge is 2.29. The van der Waals surface area contributed by atoms with Crippen molar-refractivity contribution >= 4 is 5.97 Å². The van der Waals surface area contributed by atoms with Gasteiger partial charge in [0.2, 0.25) is 0 Å². The average Bonchev–Trinajstić information content (AvgIpc) is 2.26. The lowest BCUT2D eigenvalue weighted by Crippen LogP contribution is -2.47. The van der Waals surface area contributed by atoms with Gasteiger partial charge >= 0.3 is 5.97 Å². The minimum Gasteiger partial charge on any atom is -0.481 e. The third-order valence-electron chi connectivity index (χ3n) is 3.62. The molecule has 0 aromatic rings. The van der Waals surface area contributed by atoms with Crippen molar-refractivity contribution < 1.29 is 9.90 Å². The Kier molecular flexibility index (Phi) is 7.44. The molecule has 102 valence electrons. The normalized spacial score (nSPS) is 15.6. The van der Waals surface area contributed by atoms with E-state index in [1.807, 2.05) is 13.8 Å². The fourth-order valence-corrected chi connectivity index (χ4v) is 2.32. The van der Waals surface area contributed by atoms with Crippen molar-refractivity contribution in [3.05, 3.63) is 0 Å². The molecule has 0 aliphatic carbocycles. The van der Waals surface area contributed by atoms with Gasteiger partial charge in [-0.15, -0.1) is 0 Å². The number of nitrogens with zero attached hydrogens (tertiary/aromatic N) is 1. The fourth-order valence-electron chi connectivity index (χ4n) is 2.32. The van der Waals surface area contributed by atoms with Gasteiger partial charge in [-0.2, -0.15) is 0 Å². The Hall–Kier alpha value is -0.570. The number of carboxylic acids is 1. The largest absolute Gasteiger partial charge is 0.481 e. The third-order valence-corrected chi connectivity index (χ3v) is 3.62. The standard InChI is InChI=1S/C14H29NO2/c1-7-13(8-2)15(9-10(3)4)12(6)11(5)14(16)17/h10-13H,7-9H2,1-6H3,(H,16,17). The molecule has 17 heavy (non-hydrogen) atoms. The fraction of sp³-hybridized carbons (Fsp3) is 0.929. The highest BCUT2D eigenvalue weighted by Crippen LogP contribution is 2.20. The van der Waals surface area contributed by atoms with Crippen LogP contribution in [0.15, 0.2) is 0 Å². The number of hydrogen-bond donors (Lipinski definition) is 1. The second-order valence-electron chi connectivity index (χ2n) is 5.43. The van der Waals surface area contributed by atoms with E-state index in [-0.39, 0.29) is 12.0 Å². The summed E-state index contributed by atoms with van der Waals surface area (Å²) in [6.07, 6.45) is 2.17. The summed E-state index contributed by atoms with van der Waals surface area (Å²) in [7, 11) is 0. The predicted molar refractivity (Wildman–Crippen MR) is 72.2 cm³/mol. The van der Waals surface area contributed by atoms with Gasteiger partial charge in [-0.05, 0) is 25.7 Å². The zero-order valence-corrected chi connectivity index (χ0v) is 12.2. The first kappa shape index (κ1) is 16.4. The zero-order valence-electron chi connectivity index (χ0n) is 12.2. The lowest BCUT2D eigenvalue weighted by Gasteiger charge is -2.38. The van der Waals surface area contributed by atoms with Gasteiger partial charge in [0.05, 0.1) is 5.92 Å². The Morgan fingerprint density at radius 2 is 1.59 bits per heavy atom. The van der Waals surface area contributed by atoms with Gasteiger partial charge in [-0.25, -0.2) is 0 Å². The highest BCUT2D eigenvalue weighted by molar-refractivity contribution is 5.70. The van der Waals surface area contributed by atoms with Crippen LogP contribution in [0.5, 0.6) is 0 Å². The van der Waals surface area contributed by atoms with Crippen LogP contribution in [0.1, 0.15) is 54.4 Å². The molecule has 2 unspecified atom stereocenters. The molecule has 0 fully saturated rings. The van der Waals surface area contributed by atoms with E-state index in [4.69, 9.17) is 5.11 Å². The zero-order chi connectivity index (χ0) is 13.6. The second kappa shape index (κ2) is 7.70. The minimum absolute atomic E-state index is 0.0970. The summed E-state index contributed by atoms with van der Waals surface area (Å²) in [5, 5.41) is 9.14. The molecule has 0 bridgehead atoms. The van der Waals surface area contributed by atoms with Crippen molar-refractivity contribution in [2.24, 2.45) is 11.8 Å². The van der Waals surface area contributed by atoms with E-state index in [2.05, 4.69) is 32.6 Å². The van der Waals surface area contributed by atoms with E-state index in [1.54, 1.807) is 0 Å². The molecule has 3 nitrogen and oxygen atoms in total. The molecule has 0 rings (SSSR count). The Morgan fingerprint density at radius 3 is 1.88 bits per heavy atom. The van der Waals surface area contributed by atoms with E-state index in [0.29, 0.717) is 12.0 Å². The van der Waals surface area contributed by atoms with E-state index < -0.39 is 5.97 Å². The van der Waals surface area contributed by atoms with Crippen molar-refractivity contribution in [2.75, 3.05) is 6.54 Å². The van der Waals surface area contributed by atoms with Crippen LogP contribution in [0.25, 0.3) is 0 Å². The Labute approximate surface area is 106 Å². The molecule has 0 saturated heterocycles. The molecule has 0 radical (unpaired) electrons. The van der Waals surface area contributed by atoms with E-state index in [1.165, 1.54) is 0 Å². The molecule has 0 amide bonds. The quantitative estimate of drug-likeness (QED) is 0.711. The highest BCUT2D eigenvalue weighted by atomic mass is 16.4. The van der Waals surface area contributed by atoms with Gasteiger partial charge in [0.25, 0.3) is 0 Å². The Balaban J connectivity index is 4.82. The molecule has 0 aliphatic heterocycles. The summed E-state index contributed by atoms with van der Waals surface area (Å²) < 4.78 is 0. The maximum absolute atomic E-state index is 11.1. The van der Waals surface area contributed by atoms with Crippen LogP contribution in [0.2, 0.25) is 0 Å². The number of hydrogen-bond acceptors (Lipinski definition) is 2. The van der Waals surface area contributed by atoms with Crippen LogP contribution < -0.4 is 0 Å². The Morgan fingerprint density at radius 1 is 1.12 bits per heavy atom. The molecular weight excluding hydrogens is 214 g/mol. The van der Waals surface area contributed by atoms with Crippen molar-refractivity contribution in [1.82, 2.24) is 4.90 Å². The number of rotatable bonds is 8. The topological polar surface area (TPSA) is 40.5 Å². The third kappa shape index (κ3) is 5.07. The van der Waals surface area contributed by atoms with Crippen LogP contribution in [-0.4, -0.2) is 34.6 Å². The van der Waals surface area contributed by atoms with Gasteiger partial charge in [0.1, 0.15) is 0 Å². The summed E-state index contributed by atoms with van der Waals surface area (Å²) in [6.45, 7) is 13.6. The van der Waals surface area contributed by atoms with Gasteiger partial charge < -0.3 is 5.11 Å². The van der Waals surface area contributed by atoms with Crippen LogP contribution in [0.3, 0.4) is 0 Å². The van der Waals surface area contributed by atoms with Gasteiger partial charge in [-0.1, -0.05) is 34.6 Å². The van der Waals surface area contributed by atoms with Crippen molar-refractivity contribution in [1.29, 1.82) is 0 Å². The van der Waals surface area contributed by atoms with Crippen LogP contribution in [0.4, 0.5) is 0 Å². The maximum Gasteiger partial charge on any atom is 0.307 e. The molecule has 0 heterocycles. The first-order valence-corrected chi connectivity index (χ1v) is 6.83. The smallest absolute Gasteiger partial charge is 0.307 e. The summed E-state index contributed by atoms with van der Waals surface area (Å²) >= 11 is 0. The van der Waals surface area contributed by atoms with Gasteiger partial charge in [0, 0.05) is 18.6 Å². The maximum atomic E-state index is 11.1. The molecule has 0 aromatic heterocycles. The van der Waals surface area contributed by atoms with Crippen LogP contribution in [0, 0.1) is 11.8 Å². The number of carboxylic acid groups (broad SMARTS) is 1. The predicted octanol–water partition coefficient (Wildman–Crippen LogP) is 3.24. The van der Waals surface area contributed by atoms with Crippen LogP contribution in [-0.2, 0) is 4.79 Å². The lowest BCUT2D eigenvalue weighted by molar-refractivity contribution is -0.143. The average molecular weight is 243 g/mol. The van der Waals surface area contributed by atoms with E-state index in [0.717, 1.165) is 19.4 Å². The minimum atomic E-state index is -0.697. The molecule has 0 spiro atoms. The summed E-state index contributed by atoms with van der Waals surface area (Å²) in [6, 6.07) is 0.592. The number of aliphatic carboxylic acids is 1. The molecule has 0 saturated carbocycles. The van der Waals surface area contributed by atoms with E-state index >= 15 is 0 Å². The molecule has 2 atom stereocenters. The van der Waals surface area contributed by atoms with Gasteiger partial charge in [0.15, 0.2) is 0 Å². The van der Waals surface area contributed by atoms with Gasteiger partial charge in [-0.3, -0.25) is 9.69 Å². The second-order valence-corrected chi connectivity index (χ2v) is 5.43. The van der Waals surface area contributed by atoms with Crippen LogP contribution >= 0.6 is 0 Å². The first-order valence-electron chi connectivity index (χ1n) is 6.83. The molecular formula is C14H29NO2. The summed E-state index contributed by atoms with van der Waals surface area (Å²) in [5.41, 5.74) is 0. The molecule has 0 aliphatic rings. The van der Waals surface area contributed by atoms with Crippen molar-refractivity contribution in [3.63, 3.8) is 0 Å². The Bertz CT molecular complexity index is 224. The monoisotopic (exact) mass is 243 g/mol. The first-order chi connectivity index (χ1) is 7.84. The summed E-state index contributed by atoms with van der Waals surface area (Å²) in [4.78, 5) is 13.5. The van der Waals surface area contributed by atoms with E-state index in [9.17, 15) is 4.79 Å².